The fourth-order valence-electron chi connectivity index (χ4n) is 0.523. The Labute approximate surface area is 54.4 Å². The maximum Gasteiger partial charge on any atom is 0.407 e. The number of amides is 1. The van der Waals surface area contributed by atoms with Crippen LogP contribution >= 0.6 is 0 Å². The minimum Gasteiger partial charge on any atom is -0.446 e. The first kappa shape index (κ1) is 6.39. The molecular formula is C6H11NO2. The number of hydrogen-bond donors (Lipinski definition) is 1. The number of carbonyl (C=O) groups is 1. The van der Waals surface area contributed by atoms with E-state index in [4.69, 9.17) is 4.74 Å². The van der Waals surface area contributed by atoms with Gasteiger partial charge < -0.3 is 10.1 Å². The van der Waals surface area contributed by atoms with E-state index in [-0.39, 0.29) is 12.2 Å². The van der Waals surface area contributed by atoms with Crippen molar-refractivity contribution in [2.24, 2.45) is 0 Å². The molecule has 0 aromatic carbocycles. The highest BCUT2D eigenvalue weighted by Gasteiger charge is 2.25. The van der Waals surface area contributed by atoms with Gasteiger partial charge in [-0.05, 0) is 19.8 Å². The Morgan fingerprint density at radius 1 is 1.78 bits per heavy atom. The van der Waals surface area contributed by atoms with Crippen LogP contribution in [0.15, 0.2) is 0 Å². The van der Waals surface area contributed by atoms with Crippen LogP contribution in [0.5, 0.6) is 0 Å². The van der Waals surface area contributed by atoms with Gasteiger partial charge in [-0.3, -0.25) is 0 Å². The van der Waals surface area contributed by atoms with Crippen molar-refractivity contribution in [1.29, 1.82) is 0 Å². The molecule has 52 valence electrons. The summed E-state index contributed by atoms with van der Waals surface area (Å²) in [5.74, 6) is 0. The van der Waals surface area contributed by atoms with Crippen molar-refractivity contribution in [2.75, 3.05) is 6.54 Å². The molecule has 0 radical (unpaired) electrons. The summed E-state index contributed by atoms with van der Waals surface area (Å²) in [4.78, 5) is 10.6. The largest absolute Gasteiger partial charge is 0.446 e. The average Bonchev–Trinajstić information content (AvgIpc) is 2.50. The van der Waals surface area contributed by atoms with Gasteiger partial charge in [-0.15, -0.1) is 0 Å². The third-order valence-electron chi connectivity index (χ3n) is 1.12. The van der Waals surface area contributed by atoms with E-state index < -0.39 is 0 Å². The van der Waals surface area contributed by atoms with Crippen LogP contribution in [0.2, 0.25) is 0 Å². The summed E-state index contributed by atoms with van der Waals surface area (Å²) >= 11 is 0. The van der Waals surface area contributed by atoms with Gasteiger partial charge in [-0.2, -0.15) is 0 Å². The SMILES string of the molecule is CCNC(=O)OC1CC1. The summed E-state index contributed by atoms with van der Waals surface area (Å²) in [6.07, 6.45) is 2.02. The van der Waals surface area contributed by atoms with Gasteiger partial charge in [0.1, 0.15) is 6.10 Å². The van der Waals surface area contributed by atoms with Crippen LogP contribution in [0.4, 0.5) is 4.79 Å². The van der Waals surface area contributed by atoms with Crippen LogP contribution in [0.25, 0.3) is 0 Å². The summed E-state index contributed by atoms with van der Waals surface area (Å²) in [7, 11) is 0. The van der Waals surface area contributed by atoms with Crippen molar-refractivity contribution in [1.82, 2.24) is 5.32 Å². The lowest BCUT2D eigenvalue weighted by Crippen LogP contribution is -2.24. The molecule has 0 aromatic rings. The van der Waals surface area contributed by atoms with Gasteiger partial charge in [0.25, 0.3) is 0 Å². The second kappa shape index (κ2) is 2.71. The maximum absolute atomic E-state index is 10.6. The lowest BCUT2D eigenvalue weighted by Gasteiger charge is -2.00. The number of alkyl carbamates (subject to hydrolysis) is 1. The van der Waals surface area contributed by atoms with E-state index in [1.54, 1.807) is 0 Å². The zero-order valence-electron chi connectivity index (χ0n) is 5.52. The average molecular weight is 129 g/mol. The Morgan fingerprint density at radius 2 is 2.44 bits per heavy atom. The zero-order valence-corrected chi connectivity index (χ0v) is 5.52. The van der Waals surface area contributed by atoms with Gasteiger partial charge in [-0.1, -0.05) is 0 Å². The molecule has 0 atom stereocenters. The fraction of sp³-hybridized carbons (Fsp3) is 0.833. The lowest BCUT2D eigenvalue weighted by molar-refractivity contribution is 0.139. The van der Waals surface area contributed by atoms with E-state index in [1.165, 1.54) is 0 Å². The molecule has 0 unspecified atom stereocenters. The first-order chi connectivity index (χ1) is 4.33. The van der Waals surface area contributed by atoms with Crippen molar-refractivity contribution in [3.05, 3.63) is 0 Å². The molecule has 0 saturated heterocycles. The standard InChI is InChI=1S/C6H11NO2/c1-2-7-6(8)9-5-3-4-5/h5H,2-4H2,1H3,(H,7,8). The summed E-state index contributed by atoms with van der Waals surface area (Å²) in [5, 5.41) is 2.56. The van der Waals surface area contributed by atoms with Gasteiger partial charge >= 0.3 is 6.09 Å². The van der Waals surface area contributed by atoms with E-state index in [1.807, 2.05) is 6.92 Å². The van der Waals surface area contributed by atoms with Crippen LogP contribution in [-0.2, 0) is 4.74 Å². The molecule has 0 heterocycles. The predicted molar refractivity (Wildman–Crippen MR) is 33.2 cm³/mol. The van der Waals surface area contributed by atoms with E-state index in [0.29, 0.717) is 6.54 Å². The highest BCUT2D eigenvalue weighted by molar-refractivity contribution is 5.67. The van der Waals surface area contributed by atoms with Gasteiger partial charge in [0.05, 0.1) is 0 Å². The molecule has 1 N–H and O–H groups in total. The third-order valence-corrected chi connectivity index (χ3v) is 1.12. The first-order valence-electron chi connectivity index (χ1n) is 3.27. The molecule has 0 aliphatic heterocycles. The quantitative estimate of drug-likeness (QED) is 0.601. The molecule has 1 aliphatic carbocycles. The molecule has 1 saturated carbocycles. The predicted octanol–water partition coefficient (Wildman–Crippen LogP) is 0.895. The fourth-order valence-corrected chi connectivity index (χ4v) is 0.523. The monoisotopic (exact) mass is 129 g/mol. The highest BCUT2D eigenvalue weighted by atomic mass is 16.6. The highest BCUT2D eigenvalue weighted by Crippen LogP contribution is 2.23. The van der Waals surface area contributed by atoms with Gasteiger partial charge in [-0.25, -0.2) is 4.79 Å². The summed E-state index contributed by atoms with van der Waals surface area (Å²) < 4.78 is 4.85. The van der Waals surface area contributed by atoms with Gasteiger partial charge in [0.15, 0.2) is 0 Å². The molecule has 0 spiro atoms. The minimum atomic E-state index is -0.278. The first-order valence-corrected chi connectivity index (χ1v) is 3.27. The number of rotatable bonds is 2. The van der Waals surface area contributed by atoms with Crippen LogP contribution in [0.3, 0.4) is 0 Å². The Hall–Kier alpha value is -0.730. The Morgan fingerprint density at radius 3 is 2.89 bits per heavy atom. The van der Waals surface area contributed by atoms with Crippen molar-refractivity contribution < 1.29 is 9.53 Å². The van der Waals surface area contributed by atoms with E-state index in [2.05, 4.69) is 5.32 Å². The van der Waals surface area contributed by atoms with E-state index in [0.717, 1.165) is 12.8 Å². The zero-order chi connectivity index (χ0) is 6.69. The van der Waals surface area contributed by atoms with Crippen LogP contribution < -0.4 is 5.32 Å². The molecule has 9 heavy (non-hydrogen) atoms. The topological polar surface area (TPSA) is 38.3 Å². The Kier molecular flexibility index (Phi) is 1.92. The normalized spacial score (nSPS) is 17.0. The second-order valence-corrected chi connectivity index (χ2v) is 2.13. The number of carbonyl (C=O) groups excluding carboxylic acids is 1. The van der Waals surface area contributed by atoms with Crippen molar-refractivity contribution >= 4 is 6.09 Å². The molecule has 1 aliphatic rings. The minimum absolute atomic E-state index is 0.219. The molecule has 0 bridgehead atoms. The number of hydrogen-bond acceptors (Lipinski definition) is 2. The number of nitrogens with one attached hydrogen (secondary N) is 1. The van der Waals surface area contributed by atoms with Crippen molar-refractivity contribution in [2.45, 2.75) is 25.9 Å². The van der Waals surface area contributed by atoms with E-state index >= 15 is 0 Å². The van der Waals surface area contributed by atoms with Crippen molar-refractivity contribution in [3.63, 3.8) is 0 Å². The Balaban J connectivity index is 2.02. The maximum atomic E-state index is 10.6. The molecule has 1 fully saturated rings. The third kappa shape index (κ3) is 2.35. The van der Waals surface area contributed by atoms with Crippen molar-refractivity contribution in [3.8, 4) is 0 Å². The van der Waals surface area contributed by atoms with Gasteiger partial charge in [0, 0.05) is 6.54 Å². The lowest BCUT2D eigenvalue weighted by atomic mass is 10.7. The molecule has 3 heteroatoms. The second-order valence-electron chi connectivity index (χ2n) is 2.13. The molecular weight excluding hydrogens is 118 g/mol. The Bertz CT molecular complexity index is 110. The molecule has 1 rings (SSSR count). The molecule has 0 aromatic heterocycles. The smallest absolute Gasteiger partial charge is 0.407 e. The number of ether oxygens (including phenoxy) is 1. The molecule has 3 nitrogen and oxygen atoms in total. The van der Waals surface area contributed by atoms with Crippen LogP contribution in [0, 0.1) is 0 Å². The van der Waals surface area contributed by atoms with E-state index in [9.17, 15) is 4.79 Å². The summed E-state index contributed by atoms with van der Waals surface area (Å²) in [5.41, 5.74) is 0. The summed E-state index contributed by atoms with van der Waals surface area (Å²) in [6, 6.07) is 0. The van der Waals surface area contributed by atoms with Crippen LogP contribution in [0.1, 0.15) is 19.8 Å². The molecule has 1 amide bonds. The van der Waals surface area contributed by atoms with Gasteiger partial charge in [0.2, 0.25) is 0 Å². The van der Waals surface area contributed by atoms with Crippen LogP contribution in [-0.4, -0.2) is 18.7 Å². The summed E-state index contributed by atoms with van der Waals surface area (Å²) in [6.45, 7) is 2.51.